The maximum Gasteiger partial charge on any atom is 0.329 e. The van der Waals surface area contributed by atoms with Gasteiger partial charge < -0.3 is 9.47 Å². The molecule has 0 atom stereocenters. The van der Waals surface area contributed by atoms with Crippen molar-refractivity contribution >= 4 is 39.8 Å². The number of halogens is 1. The van der Waals surface area contributed by atoms with Crippen LogP contribution in [0.1, 0.15) is 19.4 Å². The zero-order chi connectivity index (χ0) is 14.9. The van der Waals surface area contributed by atoms with Crippen molar-refractivity contribution in [2.24, 2.45) is 10.9 Å². The molecule has 106 valence electrons. The molecule has 5 nitrogen and oxygen atoms in total. The Morgan fingerprint density at radius 3 is 2.40 bits per heavy atom. The number of nitrogens with zero attached hydrogens (tertiary/aromatic N) is 1. The van der Waals surface area contributed by atoms with Gasteiger partial charge in [0.2, 0.25) is 0 Å². The van der Waals surface area contributed by atoms with E-state index in [-0.39, 0.29) is 0 Å². The van der Waals surface area contributed by atoms with Gasteiger partial charge in [-0.25, -0.2) is 0 Å². The highest BCUT2D eigenvalue weighted by Crippen LogP contribution is 2.25. The van der Waals surface area contributed by atoms with Crippen LogP contribution in [0.15, 0.2) is 27.7 Å². The second-order valence-corrected chi connectivity index (χ2v) is 5.79. The molecular formula is C14H14BrNO4. The van der Waals surface area contributed by atoms with Crippen molar-refractivity contribution in [1.29, 1.82) is 0 Å². The molecule has 0 radical (unpaired) electrons. The predicted molar refractivity (Wildman–Crippen MR) is 76.8 cm³/mol. The van der Waals surface area contributed by atoms with E-state index in [0.29, 0.717) is 5.69 Å². The fraction of sp³-hybridized carbons (Fsp3) is 0.357. The number of hydrogen-bond acceptors (Lipinski definition) is 5. The van der Waals surface area contributed by atoms with Gasteiger partial charge in [0.1, 0.15) is 0 Å². The number of aryl methyl sites for hydroxylation is 1. The van der Waals surface area contributed by atoms with E-state index in [4.69, 9.17) is 9.47 Å². The van der Waals surface area contributed by atoms with E-state index in [1.54, 1.807) is 12.1 Å². The molecule has 20 heavy (non-hydrogen) atoms. The molecule has 0 bridgehead atoms. The van der Waals surface area contributed by atoms with E-state index < -0.39 is 23.6 Å². The van der Waals surface area contributed by atoms with Crippen LogP contribution in [0, 0.1) is 12.8 Å². The number of ether oxygens (including phenoxy) is 2. The van der Waals surface area contributed by atoms with Crippen LogP contribution < -0.4 is 0 Å². The summed E-state index contributed by atoms with van der Waals surface area (Å²) in [7, 11) is 0. The lowest BCUT2D eigenvalue weighted by Crippen LogP contribution is -2.46. The maximum absolute atomic E-state index is 11.7. The fourth-order valence-electron chi connectivity index (χ4n) is 1.67. The molecule has 1 aliphatic rings. The largest absolute Gasteiger partial charge is 0.422 e. The smallest absolute Gasteiger partial charge is 0.329 e. The lowest BCUT2D eigenvalue weighted by Gasteiger charge is -2.31. The minimum absolute atomic E-state index is 0.632. The molecule has 2 rings (SSSR count). The predicted octanol–water partition coefficient (Wildman–Crippen LogP) is 2.91. The van der Waals surface area contributed by atoms with Crippen molar-refractivity contribution < 1.29 is 19.1 Å². The summed E-state index contributed by atoms with van der Waals surface area (Å²) in [5.74, 6) is -3.64. The summed E-state index contributed by atoms with van der Waals surface area (Å²) in [4.78, 5) is 27.6. The second-order valence-electron chi connectivity index (χ2n) is 4.93. The van der Waals surface area contributed by atoms with Gasteiger partial charge in [0.15, 0.2) is 5.92 Å². The van der Waals surface area contributed by atoms with E-state index in [2.05, 4.69) is 20.9 Å². The molecule has 0 saturated carbocycles. The van der Waals surface area contributed by atoms with Crippen LogP contribution in [-0.2, 0) is 19.1 Å². The Morgan fingerprint density at radius 1 is 1.25 bits per heavy atom. The van der Waals surface area contributed by atoms with Crippen molar-refractivity contribution in [3.8, 4) is 0 Å². The van der Waals surface area contributed by atoms with Gasteiger partial charge >= 0.3 is 11.9 Å². The average Bonchev–Trinajstić information content (AvgIpc) is 2.31. The summed E-state index contributed by atoms with van der Waals surface area (Å²) in [5, 5.41) is 0. The molecule has 1 fully saturated rings. The summed E-state index contributed by atoms with van der Waals surface area (Å²) < 4.78 is 10.9. The van der Waals surface area contributed by atoms with Gasteiger partial charge in [-0.15, -0.1) is 0 Å². The SMILES string of the molecule is Cc1ccc(N=CC2C(=O)OC(C)(C)OC2=O)cc1Br. The third-order valence-corrected chi connectivity index (χ3v) is 3.58. The highest BCUT2D eigenvalue weighted by Gasteiger charge is 2.42. The monoisotopic (exact) mass is 339 g/mol. The normalized spacial score (nSPS) is 19.0. The molecule has 1 saturated heterocycles. The Balaban J connectivity index is 2.16. The molecule has 0 unspecified atom stereocenters. The van der Waals surface area contributed by atoms with Gasteiger partial charge in [0.25, 0.3) is 5.79 Å². The topological polar surface area (TPSA) is 65.0 Å². The third-order valence-electron chi connectivity index (χ3n) is 2.73. The van der Waals surface area contributed by atoms with Gasteiger partial charge in [0, 0.05) is 24.5 Å². The van der Waals surface area contributed by atoms with Gasteiger partial charge in [-0.05, 0) is 24.6 Å². The van der Waals surface area contributed by atoms with Crippen LogP contribution in [-0.4, -0.2) is 23.9 Å². The number of rotatable bonds is 2. The minimum atomic E-state index is -1.22. The van der Waals surface area contributed by atoms with Crippen LogP contribution in [0.5, 0.6) is 0 Å². The molecule has 1 aromatic carbocycles. The summed E-state index contributed by atoms with van der Waals surface area (Å²) in [5.41, 5.74) is 1.70. The van der Waals surface area contributed by atoms with E-state index >= 15 is 0 Å². The summed E-state index contributed by atoms with van der Waals surface area (Å²) in [6.45, 7) is 4.97. The molecule has 0 spiro atoms. The van der Waals surface area contributed by atoms with Crippen LogP contribution in [0.4, 0.5) is 5.69 Å². The minimum Gasteiger partial charge on any atom is -0.422 e. The Hall–Kier alpha value is -1.69. The van der Waals surface area contributed by atoms with Crippen LogP contribution in [0.25, 0.3) is 0 Å². The zero-order valence-electron chi connectivity index (χ0n) is 11.3. The molecule has 6 heteroatoms. The van der Waals surface area contributed by atoms with Crippen molar-refractivity contribution in [3.05, 3.63) is 28.2 Å². The van der Waals surface area contributed by atoms with Gasteiger partial charge in [0.05, 0.1) is 5.69 Å². The van der Waals surface area contributed by atoms with Crippen molar-refractivity contribution in [1.82, 2.24) is 0 Å². The number of esters is 2. The number of hydrogen-bond donors (Lipinski definition) is 0. The third kappa shape index (κ3) is 3.25. The maximum atomic E-state index is 11.7. The van der Waals surface area contributed by atoms with Crippen molar-refractivity contribution in [2.45, 2.75) is 26.6 Å². The number of carbonyl (C=O) groups excluding carboxylic acids is 2. The molecule has 1 heterocycles. The van der Waals surface area contributed by atoms with E-state index in [1.165, 1.54) is 20.1 Å². The van der Waals surface area contributed by atoms with Crippen LogP contribution in [0.3, 0.4) is 0 Å². The van der Waals surface area contributed by atoms with Crippen molar-refractivity contribution in [3.63, 3.8) is 0 Å². The number of benzene rings is 1. The Labute approximate surface area is 125 Å². The average molecular weight is 340 g/mol. The lowest BCUT2D eigenvalue weighted by molar-refractivity contribution is -0.235. The first kappa shape index (κ1) is 14.7. The van der Waals surface area contributed by atoms with E-state index in [9.17, 15) is 9.59 Å². The second kappa shape index (κ2) is 5.36. The first-order chi connectivity index (χ1) is 9.28. The van der Waals surface area contributed by atoms with Gasteiger partial charge in [-0.3, -0.25) is 14.6 Å². The number of cyclic esters (lactones) is 2. The molecular weight excluding hydrogens is 326 g/mol. The van der Waals surface area contributed by atoms with E-state index in [0.717, 1.165) is 10.0 Å². The Kier molecular flexibility index (Phi) is 3.94. The van der Waals surface area contributed by atoms with Crippen molar-refractivity contribution in [2.75, 3.05) is 0 Å². The zero-order valence-corrected chi connectivity index (χ0v) is 12.9. The van der Waals surface area contributed by atoms with Crippen LogP contribution in [0.2, 0.25) is 0 Å². The number of carbonyl (C=O) groups is 2. The molecule has 1 aromatic rings. The standard InChI is InChI=1S/C14H14BrNO4/c1-8-4-5-9(6-11(8)15)16-7-10-12(17)19-14(2,3)20-13(10)18/h4-7,10H,1-3H3. The Morgan fingerprint density at radius 2 is 1.85 bits per heavy atom. The van der Waals surface area contributed by atoms with Gasteiger partial charge in [-0.1, -0.05) is 22.0 Å². The fourth-order valence-corrected chi connectivity index (χ4v) is 2.04. The van der Waals surface area contributed by atoms with Crippen LogP contribution >= 0.6 is 15.9 Å². The lowest BCUT2D eigenvalue weighted by atomic mass is 10.1. The Bertz CT molecular complexity index is 575. The first-order valence-corrected chi connectivity index (χ1v) is 6.84. The molecule has 0 aromatic heterocycles. The first-order valence-electron chi connectivity index (χ1n) is 6.04. The summed E-state index contributed by atoms with van der Waals surface area (Å²) in [6, 6.07) is 5.48. The molecule has 1 aliphatic heterocycles. The molecule has 0 amide bonds. The quantitative estimate of drug-likeness (QED) is 0.472. The van der Waals surface area contributed by atoms with Gasteiger partial charge in [-0.2, -0.15) is 0 Å². The molecule has 0 N–H and O–H groups in total. The summed E-state index contributed by atoms with van der Waals surface area (Å²) in [6.07, 6.45) is 1.25. The van der Waals surface area contributed by atoms with E-state index in [1.807, 2.05) is 13.0 Å². The summed E-state index contributed by atoms with van der Waals surface area (Å²) >= 11 is 3.39. The highest BCUT2D eigenvalue weighted by molar-refractivity contribution is 9.10. The molecule has 0 aliphatic carbocycles. The highest BCUT2D eigenvalue weighted by atomic mass is 79.9. The number of aliphatic imine (C=N–C) groups is 1.